The molecule has 0 radical (unpaired) electrons. The van der Waals surface area contributed by atoms with Crippen molar-refractivity contribution in [3.05, 3.63) is 0 Å². The van der Waals surface area contributed by atoms with Crippen molar-refractivity contribution in [1.29, 1.82) is 0 Å². The van der Waals surface area contributed by atoms with Gasteiger partial charge in [0.15, 0.2) is 16.6 Å². The number of hydrogen-bond donors (Lipinski definition) is 1. The van der Waals surface area contributed by atoms with Crippen molar-refractivity contribution >= 4 is 22.4 Å². The van der Waals surface area contributed by atoms with E-state index in [-0.39, 0.29) is 0 Å². The van der Waals surface area contributed by atoms with E-state index in [1.807, 2.05) is 0 Å². The third-order valence-electron chi connectivity index (χ3n) is 3.04. The Balaban J connectivity index is 2.99. The van der Waals surface area contributed by atoms with Crippen LogP contribution in [0.5, 0.6) is 5.75 Å². The second-order valence-electron chi connectivity index (χ2n) is 4.06. The minimum Gasteiger partial charge on any atom is -0.490 e. The summed E-state index contributed by atoms with van der Waals surface area (Å²) < 4.78 is 14.7. The van der Waals surface area contributed by atoms with Crippen LogP contribution in [-0.2, 0) is 4.74 Å². The molecule has 104 valence electrons. The van der Waals surface area contributed by atoms with Crippen molar-refractivity contribution in [3.63, 3.8) is 0 Å². The van der Waals surface area contributed by atoms with Crippen LogP contribution in [0.1, 0.15) is 26.7 Å². The van der Waals surface area contributed by atoms with E-state index in [9.17, 15) is 0 Å². The molecule has 0 saturated carbocycles. The van der Waals surface area contributed by atoms with Crippen LogP contribution in [0.25, 0.3) is 0 Å². The number of aromatic nitrogens is 1. The topological polar surface area (TPSA) is 60.6 Å². The zero-order valence-corrected chi connectivity index (χ0v) is 12.4. The van der Waals surface area contributed by atoms with Gasteiger partial charge in [-0.25, -0.2) is 0 Å². The van der Waals surface area contributed by atoms with Gasteiger partial charge >= 0.3 is 0 Å². The molecule has 1 aromatic rings. The highest BCUT2D eigenvalue weighted by molar-refractivity contribution is 7.11. The lowest BCUT2D eigenvalue weighted by Gasteiger charge is -2.31. The standard InChI is InChI=1S/C12H23N3O2S/c1-5-9(6-2)15(7-8-16-3)12-10(17-4)11(13)14-18-12/h9H,5-8H2,1-4H3,(H2,13,14). The van der Waals surface area contributed by atoms with Gasteiger partial charge in [-0.2, -0.15) is 4.37 Å². The molecule has 6 heteroatoms. The maximum absolute atomic E-state index is 5.82. The van der Waals surface area contributed by atoms with Gasteiger partial charge in [-0.15, -0.1) is 0 Å². The molecule has 0 amide bonds. The second kappa shape index (κ2) is 7.43. The molecule has 1 heterocycles. The first-order valence-corrected chi connectivity index (χ1v) is 7.01. The summed E-state index contributed by atoms with van der Waals surface area (Å²) in [5.74, 6) is 1.15. The van der Waals surface area contributed by atoms with Crippen LogP contribution < -0.4 is 15.4 Å². The van der Waals surface area contributed by atoms with Gasteiger partial charge in [0, 0.05) is 19.7 Å². The summed E-state index contributed by atoms with van der Waals surface area (Å²) in [7, 11) is 3.34. The molecule has 18 heavy (non-hydrogen) atoms. The fourth-order valence-electron chi connectivity index (χ4n) is 2.03. The van der Waals surface area contributed by atoms with Crippen molar-refractivity contribution in [2.24, 2.45) is 0 Å². The van der Waals surface area contributed by atoms with Gasteiger partial charge in [0.2, 0.25) is 0 Å². The lowest BCUT2D eigenvalue weighted by Crippen LogP contribution is -2.36. The summed E-state index contributed by atoms with van der Waals surface area (Å²) in [5, 5.41) is 1.00. The van der Waals surface area contributed by atoms with E-state index in [1.165, 1.54) is 11.5 Å². The number of methoxy groups -OCH3 is 2. The highest BCUT2D eigenvalue weighted by Crippen LogP contribution is 2.39. The number of nitrogen functional groups attached to an aromatic ring is 1. The van der Waals surface area contributed by atoms with Gasteiger partial charge < -0.3 is 20.1 Å². The van der Waals surface area contributed by atoms with E-state index in [4.69, 9.17) is 15.2 Å². The summed E-state index contributed by atoms with van der Waals surface area (Å²) in [4.78, 5) is 2.29. The van der Waals surface area contributed by atoms with Crippen molar-refractivity contribution in [2.75, 3.05) is 38.0 Å². The van der Waals surface area contributed by atoms with Crippen molar-refractivity contribution < 1.29 is 9.47 Å². The first-order valence-electron chi connectivity index (χ1n) is 6.24. The van der Waals surface area contributed by atoms with E-state index in [0.717, 1.165) is 24.4 Å². The molecular weight excluding hydrogens is 250 g/mol. The van der Waals surface area contributed by atoms with E-state index >= 15 is 0 Å². The molecule has 0 spiro atoms. The molecular formula is C12H23N3O2S. The van der Waals surface area contributed by atoms with E-state index in [0.29, 0.717) is 24.2 Å². The molecule has 1 rings (SSSR count). The normalized spacial score (nSPS) is 10.9. The number of nitrogens with zero attached hydrogens (tertiary/aromatic N) is 2. The first-order chi connectivity index (χ1) is 8.69. The fraction of sp³-hybridized carbons (Fsp3) is 0.750. The molecule has 5 nitrogen and oxygen atoms in total. The van der Waals surface area contributed by atoms with E-state index in [1.54, 1.807) is 14.2 Å². The second-order valence-corrected chi connectivity index (χ2v) is 4.81. The van der Waals surface area contributed by atoms with Crippen LogP contribution in [0.4, 0.5) is 10.8 Å². The Kier molecular flexibility index (Phi) is 6.21. The molecule has 0 unspecified atom stereocenters. The summed E-state index contributed by atoms with van der Waals surface area (Å²) in [6.45, 7) is 5.87. The van der Waals surface area contributed by atoms with Crippen LogP contribution in [0.15, 0.2) is 0 Å². The Hall–Kier alpha value is -1.01. The van der Waals surface area contributed by atoms with E-state index in [2.05, 4.69) is 23.1 Å². The third-order valence-corrected chi connectivity index (χ3v) is 3.92. The minimum absolute atomic E-state index is 0.453. The highest BCUT2D eigenvalue weighted by atomic mass is 32.1. The fourth-order valence-corrected chi connectivity index (χ4v) is 2.91. The molecule has 0 bridgehead atoms. The Bertz CT molecular complexity index is 353. The zero-order chi connectivity index (χ0) is 13.5. The maximum atomic E-state index is 5.82. The van der Waals surface area contributed by atoms with Crippen LogP contribution in [0.3, 0.4) is 0 Å². The lowest BCUT2D eigenvalue weighted by atomic mass is 10.1. The number of hydrogen-bond acceptors (Lipinski definition) is 6. The van der Waals surface area contributed by atoms with Gasteiger partial charge in [-0.3, -0.25) is 0 Å². The predicted molar refractivity (Wildman–Crippen MR) is 76.7 cm³/mol. The SMILES string of the molecule is CCC(CC)N(CCOC)c1snc(N)c1OC. The van der Waals surface area contributed by atoms with Gasteiger partial charge in [0.1, 0.15) is 0 Å². The molecule has 0 atom stereocenters. The molecule has 1 aromatic heterocycles. The first kappa shape index (κ1) is 15.0. The Morgan fingerprint density at radius 3 is 2.50 bits per heavy atom. The number of nitrogens with two attached hydrogens (primary N) is 1. The number of ether oxygens (including phenoxy) is 2. The summed E-state index contributed by atoms with van der Waals surface area (Å²) >= 11 is 1.39. The molecule has 0 aliphatic rings. The molecule has 0 saturated heterocycles. The smallest absolute Gasteiger partial charge is 0.197 e. The lowest BCUT2D eigenvalue weighted by molar-refractivity contribution is 0.202. The zero-order valence-electron chi connectivity index (χ0n) is 11.6. The predicted octanol–water partition coefficient (Wildman–Crippen LogP) is 2.38. The Morgan fingerprint density at radius 1 is 1.33 bits per heavy atom. The molecule has 2 N–H and O–H groups in total. The minimum atomic E-state index is 0.453. The van der Waals surface area contributed by atoms with Crippen molar-refractivity contribution in [2.45, 2.75) is 32.7 Å². The highest BCUT2D eigenvalue weighted by Gasteiger charge is 2.23. The van der Waals surface area contributed by atoms with Crippen molar-refractivity contribution in [3.8, 4) is 5.75 Å². The van der Waals surface area contributed by atoms with Crippen LogP contribution in [0, 0.1) is 0 Å². The average Bonchev–Trinajstić information content (AvgIpc) is 2.75. The van der Waals surface area contributed by atoms with Crippen LogP contribution in [0.2, 0.25) is 0 Å². The summed E-state index contributed by atoms with van der Waals surface area (Å²) in [6, 6.07) is 0.453. The van der Waals surface area contributed by atoms with Gasteiger partial charge in [-0.05, 0) is 24.4 Å². The molecule has 0 fully saturated rings. The monoisotopic (exact) mass is 273 g/mol. The number of rotatable bonds is 8. The Labute approximate surface area is 113 Å². The molecule has 0 aliphatic heterocycles. The summed E-state index contributed by atoms with van der Waals surface area (Å²) in [6.07, 6.45) is 2.14. The van der Waals surface area contributed by atoms with E-state index < -0.39 is 0 Å². The van der Waals surface area contributed by atoms with Crippen molar-refractivity contribution in [1.82, 2.24) is 4.37 Å². The van der Waals surface area contributed by atoms with Crippen LogP contribution in [-0.4, -0.2) is 37.8 Å². The number of anilines is 2. The molecule has 0 aliphatic carbocycles. The van der Waals surface area contributed by atoms with Crippen LogP contribution >= 0.6 is 11.5 Å². The maximum Gasteiger partial charge on any atom is 0.197 e. The Morgan fingerprint density at radius 2 is 2.00 bits per heavy atom. The van der Waals surface area contributed by atoms with Gasteiger partial charge in [-0.1, -0.05) is 13.8 Å². The largest absolute Gasteiger partial charge is 0.490 e. The molecule has 0 aromatic carbocycles. The quantitative estimate of drug-likeness (QED) is 0.788. The van der Waals surface area contributed by atoms with Gasteiger partial charge in [0.25, 0.3) is 0 Å². The summed E-state index contributed by atoms with van der Waals surface area (Å²) in [5.41, 5.74) is 5.82. The van der Waals surface area contributed by atoms with Gasteiger partial charge in [0.05, 0.1) is 13.7 Å². The third kappa shape index (κ3) is 3.26. The average molecular weight is 273 g/mol.